The number of amides is 2. The minimum absolute atomic E-state index is 0.194. The van der Waals surface area contributed by atoms with Crippen LogP contribution >= 0.6 is 15.9 Å². The highest BCUT2D eigenvalue weighted by Gasteiger charge is 2.33. The van der Waals surface area contributed by atoms with Gasteiger partial charge in [-0.2, -0.15) is 0 Å². The Morgan fingerprint density at radius 1 is 1.52 bits per heavy atom. The maximum Gasteiger partial charge on any atom is 0.254 e. The Hall–Kier alpha value is -1.60. The van der Waals surface area contributed by atoms with Gasteiger partial charge in [0.05, 0.1) is 13.2 Å². The van der Waals surface area contributed by atoms with E-state index in [0.717, 1.165) is 0 Å². The first-order valence-electron chi connectivity index (χ1n) is 6.76. The van der Waals surface area contributed by atoms with Crippen LogP contribution in [0.25, 0.3) is 0 Å². The lowest BCUT2D eigenvalue weighted by Crippen LogP contribution is -2.55. The molecule has 1 fully saturated rings. The fourth-order valence-corrected chi connectivity index (χ4v) is 2.56. The first-order valence-corrected chi connectivity index (χ1v) is 7.55. The maximum absolute atomic E-state index is 12.6. The van der Waals surface area contributed by atoms with Gasteiger partial charge in [-0.3, -0.25) is 9.59 Å². The van der Waals surface area contributed by atoms with E-state index in [1.54, 1.807) is 23.1 Å². The summed E-state index contributed by atoms with van der Waals surface area (Å²) in [6.45, 7) is 3.39. The van der Waals surface area contributed by atoms with Crippen LogP contribution in [0.2, 0.25) is 0 Å². The number of ether oxygens (including phenoxy) is 1. The Balaban J connectivity index is 2.21. The number of benzene rings is 1. The Bertz CT molecular complexity index is 550. The predicted octanol–water partition coefficient (Wildman–Crippen LogP) is 1.01. The number of hydrogen-bond donors (Lipinski definition) is 2. The number of hydrogen-bond acceptors (Lipinski definition) is 4. The molecule has 2 amide bonds. The smallest absolute Gasteiger partial charge is 0.254 e. The van der Waals surface area contributed by atoms with E-state index in [2.05, 4.69) is 21.2 Å². The summed E-state index contributed by atoms with van der Waals surface area (Å²) in [6.07, 6.45) is 0. The van der Waals surface area contributed by atoms with Gasteiger partial charge in [0, 0.05) is 28.8 Å². The fraction of sp³-hybridized carbons (Fsp3) is 0.429. The molecule has 1 atom stereocenters. The highest BCUT2D eigenvalue weighted by atomic mass is 79.9. The second kappa shape index (κ2) is 6.91. The van der Waals surface area contributed by atoms with E-state index < -0.39 is 6.04 Å². The van der Waals surface area contributed by atoms with Crippen LogP contribution in [0.15, 0.2) is 22.7 Å². The van der Waals surface area contributed by atoms with Crippen molar-refractivity contribution in [3.63, 3.8) is 0 Å². The molecule has 114 valence electrons. The van der Waals surface area contributed by atoms with Gasteiger partial charge in [-0.1, -0.05) is 0 Å². The van der Waals surface area contributed by atoms with E-state index in [-0.39, 0.29) is 18.4 Å². The van der Waals surface area contributed by atoms with E-state index in [1.807, 2.05) is 6.92 Å². The second-order valence-corrected chi connectivity index (χ2v) is 5.57. The van der Waals surface area contributed by atoms with Gasteiger partial charge >= 0.3 is 0 Å². The Morgan fingerprint density at radius 3 is 2.95 bits per heavy atom. The quantitative estimate of drug-likeness (QED) is 0.792. The second-order valence-electron chi connectivity index (χ2n) is 4.72. The average molecular weight is 356 g/mol. The van der Waals surface area contributed by atoms with E-state index >= 15 is 0 Å². The third-order valence-corrected chi connectivity index (χ3v) is 3.98. The summed E-state index contributed by atoms with van der Waals surface area (Å²) in [5.41, 5.74) is 6.78. The summed E-state index contributed by atoms with van der Waals surface area (Å²) >= 11 is 3.31. The van der Waals surface area contributed by atoms with E-state index in [4.69, 9.17) is 10.5 Å². The highest BCUT2D eigenvalue weighted by Crippen LogP contribution is 2.22. The molecular formula is C14H18BrN3O3. The van der Waals surface area contributed by atoms with Crippen LogP contribution in [-0.4, -0.2) is 49.1 Å². The molecule has 0 saturated carbocycles. The molecule has 1 heterocycles. The number of nitrogens with zero attached hydrogens (tertiary/aromatic N) is 1. The van der Waals surface area contributed by atoms with Gasteiger partial charge in [-0.15, -0.1) is 0 Å². The predicted molar refractivity (Wildman–Crippen MR) is 82.9 cm³/mol. The zero-order valence-corrected chi connectivity index (χ0v) is 13.4. The van der Waals surface area contributed by atoms with Gasteiger partial charge in [0.15, 0.2) is 0 Å². The largest absolute Gasteiger partial charge is 0.398 e. The Labute approximate surface area is 131 Å². The average Bonchev–Trinajstić information content (AvgIpc) is 2.49. The molecule has 1 aliphatic rings. The van der Waals surface area contributed by atoms with Crippen molar-refractivity contribution in [1.29, 1.82) is 0 Å². The highest BCUT2D eigenvalue weighted by molar-refractivity contribution is 9.10. The third-order valence-electron chi connectivity index (χ3n) is 3.29. The Morgan fingerprint density at radius 2 is 2.29 bits per heavy atom. The van der Waals surface area contributed by atoms with Crippen LogP contribution < -0.4 is 11.1 Å². The monoisotopic (exact) mass is 355 g/mol. The molecule has 0 bridgehead atoms. The van der Waals surface area contributed by atoms with Crippen LogP contribution in [0.1, 0.15) is 17.3 Å². The van der Waals surface area contributed by atoms with E-state index in [1.165, 1.54) is 0 Å². The first kappa shape index (κ1) is 15.8. The van der Waals surface area contributed by atoms with Crippen LogP contribution in [0.3, 0.4) is 0 Å². The van der Waals surface area contributed by atoms with Crippen LogP contribution in [0.4, 0.5) is 5.69 Å². The zero-order valence-electron chi connectivity index (χ0n) is 11.8. The zero-order chi connectivity index (χ0) is 15.4. The van der Waals surface area contributed by atoms with Crippen molar-refractivity contribution in [2.45, 2.75) is 13.0 Å². The maximum atomic E-state index is 12.6. The standard InChI is InChI=1S/C14H18BrN3O3/c1-2-17-13(19)12-8-21-6-5-18(12)14(20)9-3-4-11(16)10(15)7-9/h3-4,7,12H,2,5-6,8,16H2,1H3,(H,17,19). The summed E-state index contributed by atoms with van der Waals surface area (Å²) in [5, 5.41) is 2.73. The lowest BCUT2D eigenvalue weighted by atomic mass is 10.1. The number of likely N-dealkylation sites (N-methyl/N-ethyl adjacent to an activating group) is 1. The fourth-order valence-electron chi connectivity index (χ4n) is 2.18. The van der Waals surface area contributed by atoms with E-state index in [9.17, 15) is 9.59 Å². The summed E-state index contributed by atoms with van der Waals surface area (Å²) in [6, 6.07) is 4.40. The summed E-state index contributed by atoms with van der Waals surface area (Å²) < 4.78 is 5.99. The van der Waals surface area contributed by atoms with Crippen molar-refractivity contribution in [2.75, 3.05) is 32.0 Å². The Kier molecular flexibility index (Phi) is 5.19. The molecule has 1 saturated heterocycles. The number of morpholine rings is 1. The normalized spacial score (nSPS) is 18.4. The van der Waals surface area contributed by atoms with Crippen molar-refractivity contribution >= 4 is 33.4 Å². The van der Waals surface area contributed by atoms with Gasteiger partial charge in [0.1, 0.15) is 6.04 Å². The SMILES string of the molecule is CCNC(=O)C1COCCN1C(=O)c1ccc(N)c(Br)c1. The van der Waals surface area contributed by atoms with Crippen molar-refractivity contribution in [2.24, 2.45) is 0 Å². The molecule has 6 nitrogen and oxygen atoms in total. The number of rotatable bonds is 3. The minimum atomic E-state index is -0.595. The molecule has 1 aromatic carbocycles. The van der Waals surface area contributed by atoms with Gasteiger partial charge in [0.2, 0.25) is 5.91 Å². The van der Waals surface area contributed by atoms with Crippen molar-refractivity contribution < 1.29 is 14.3 Å². The van der Waals surface area contributed by atoms with E-state index in [0.29, 0.717) is 35.4 Å². The van der Waals surface area contributed by atoms with Crippen LogP contribution in [0, 0.1) is 0 Å². The van der Waals surface area contributed by atoms with Crippen molar-refractivity contribution in [3.05, 3.63) is 28.2 Å². The molecule has 0 aliphatic carbocycles. The number of halogens is 1. The molecule has 21 heavy (non-hydrogen) atoms. The molecule has 1 aromatic rings. The molecule has 0 radical (unpaired) electrons. The lowest BCUT2D eigenvalue weighted by Gasteiger charge is -2.34. The van der Waals surface area contributed by atoms with Crippen LogP contribution in [0.5, 0.6) is 0 Å². The topological polar surface area (TPSA) is 84.7 Å². The third kappa shape index (κ3) is 3.54. The molecule has 0 aromatic heterocycles. The summed E-state index contributed by atoms with van der Waals surface area (Å²) in [4.78, 5) is 26.2. The van der Waals surface area contributed by atoms with Crippen molar-refractivity contribution in [1.82, 2.24) is 10.2 Å². The molecule has 2 rings (SSSR count). The summed E-state index contributed by atoms with van der Waals surface area (Å²) in [7, 11) is 0. The van der Waals surface area contributed by atoms with Gasteiger partial charge < -0.3 is 20.7 Å². The molecule has 3 N–H and O–H groups in total. The number of carbonyl (C=O) groups is 2. The summed E-state index contributed by atoms with van der Waals surface area (Å²) in [5.74, 6) is -0.393. The number of nitrogen functional groups attached to an aromatic ring is 1. The first-order chi connectivity index (χ1) is 10.0. The lowest BCUT2D eigenvalue weighted by molar-refractivity contribution is -0.130. The molecule has 1 aliphatic heterocycles. The number of carbonyl (C=O) groups excluding carboxylic acids is 2. The van der Waals surface area contributed by atoms with Gasteiger partial charge in [-0.05, 0) is 41.1 Å². The van der Waals surface area contributed by atoms with Gasteiger partial charge in [0.25, 0.3) is 5.91 Å². The van der Waals surface area contributed by atoms with Crippen molar-refractivity contribution in [3.8, 4) is 0 Å². The number of nitrogens with one attached hydrogen (secondary N) is 1. The molecule has 0 spiro atoms. The van der Waals surface area contributed by atoms with Crippen LogP contribution in [-0.2, 0) is 9.53 Å². The number of anilines is 1. The molecule has 1 unspecified atom stereocenters. The van der Waals surface area contributed by atoms with Gasteiger partial charge in [-0.25, -0.2) is 0 Å². The molecule has 7 heteroatoms. The minimum Gasteiger partial charge on any atom is -0.398 e. The number of nitrogens with two attached hydrogens (primary N) is 1. The molecular weight excluding hydrogens is 338 g/mol.